The van der Waals surface area contributed by atoms with E-state index < -0.39 is 0 Å². The van der Waals surface area contributed by atoms with Gasteiger partial charge in [-0.25, -0.2) is 0 Å². The molecule has 126 valence electrons. The van der Waals surface area contributed by atoms with E-state index in [9.17, 15) is 9.59 Å². The van der Waals surface area contributed by atoms with E-state index in [1.54, 1.807) is 19.1 Å². The summed E-state index contributed by atoms with van der Waals surface area (Å²) in [5.74, 6) is 0.463. The molecule has 0 aromatic heterocycles. The third kappa shape index (κ3) is 4.96. The summed E-state index contributed by atoms with van der Waals surface area (Å²) in [6.45, 7) is 2.16. The molecule has 2 amide bonds. The van der Waals surface area contributed by atoms with Crippen molar-refractivity contribution in [1.82, 2.24) is 10.2 Å². The van der Waals surface area contributed by atoms with Gasteiger partial charge in [-0.3, -0.25) is 9.59 Å². The molecule has 1 aromatic rings. The number of methoxy groups -OCH3 is 2. The SMILES string of the molecule is COCCCNC(=O)[C@H]1CC(=O)N(Cc2cccc(OC)c2)C1. The monoisotopic (exact) mass is 320 g/mol. The van der Waals surface area contributed by atoms with Gasteiger partial charge in [-0.2, -0.15) is 0 Å². The Bertz CT molecular complexity index is 547. The molecule has 0 unspecified atom stereocenters. The first kappa shape index (κ1) is 17.3. The minimum atomic E-state index is -0.268. The van der Waals surface area contributed by atoms with E-state index in [4.69, 9.17) is 9.47 Å². The van der Waals surface area contributed by atoms with Gasteiger partial charge in [-0.1, -0.05) is 12.1 Å². The van der Waals surface area contributed by atoms with Gasteiger partial charge < -0.3 is 19.7 Å². The predicted molar refractivity (Wildman–Crippen MR) is 86.0 cm³/mol. The summed E-state index contributed by atoms with van der Waals surface area (Å²) < 4.78 is 10.1. The van der Waals surface area contributed by atoms with Crippen molar-refractivity contribution in [2.75, 3.05) is 33.9 Å². The van der Waals surface area contributed by atoms with Crippen LogP contribution in [0, 0.1) is 5.92 Å². The number of benzene rings is 1. The number of hydrogen-bond acceptors (Lipinski definition) is 4. The van der Waals surface area contributed by atoms with Crippen molar-refractivity contribution in [2.24, 2.45) is 5.92 Å². The van der Waals surface area contributed by atoms with Crippen molar-refractivity contribution in [2.45, 2.75) is 19.4 Å². The van der Waals surface area contributed by atoms with Crippen molar-refractivity contribution in [3.8, 4) is 5.75 Å². The van der Waals surface area contributed by atoms with Crippen LogP contribution in [0.25, 0.3) is 0 Å². The predicted octanol–water partition coefficient (Wildman–Crippen LogP) is 1.20. The quantitative estimate of drug-likeness (QED) is 0.731. The van der Waals surface area contributed by atoms with E-state index in [0.29, 0.717) is 26.2 Å². The second-order valence-electron chi connectivity index (χ2n) is 5.66. The van der Waals surface area contributed by atoms with Gasteiger partial charge in [0.2, 0.25) is 11.8 Å². The Morgan fingerprint density at radius 1 is 1.39 bits per heavy atom. The minimum absolute atomic E-state index is 0.0184. The fraction of sp³-hybridized carbons (Fsp3) is 0.529. The van der Waals surface area contributed by atoms with Gasteiger partial charge in [-0.15, -0.1) is 0 Å². The third-order valence-corrected chi connectivity index (χ3v) is 3.92. The maximum atomic E-state index is 12.1. The second kappa shape index (κ2) is 8.53. The Morgan fingerprint density at radius 2 is 2.22 bits per heavy atom. The van der Waals surface area contributed by atoms with E-state index in [1.165, 1.54) is 0 Å². The Kier molecular flexibility index (Phi) is 6.40. The molecule has 1 fully saturated rings. The van der Waals surface area contributed by atoms with Crippen LogP contribution in [-0.4, -0.2) is 50.6 Å². The molecule has 0 bridgehead atoms. The van der Waals surface area contributed by atoms with Crippen LogP contribution in [0.3, 0.4) is 0 Å². The van der Waals surface area contributed by atoms with E-state index >= 15 is 0 Å². The van der Waals surface area contributed by atoms with E-state index in [2.05, 4.69) is 5.32 Å². The highest BCUT2D eigenvalue weighted by Gasteiger charge is 2.33. The van der Waals surface area contributed by atoms with Crippen LogP contribution in [0.4, 0.5) is 0 Å². The lowest BCUT2D eigenvalue weighted by Crippen LogP contribution is -2.33. The molecule has 0 saturated carbocycles. The van der Waals surface area contributed by atoms with Gasteiger partial charge >= 0.3 is 0 Å². The van der Waals surface area contributed by atoms with Crippen LogP contribution in [0.2, 0.25) is 0 Å². The van der Waals surface area contributed by atoms with Crippen molar-refractivity contribution in [3.63, 3.8) is 0 Å². The Balaban J connectivity index is 1.85. The molecule has 2 rings (SSSR count). The number of rotatable bonds is 8. The Morgan fingerprint density at radius 3 is 2.96 bits per heavy atom. The van der Waals surface area contributed by atoms with Crippen LogP contribution < -0.4 is 10.1 Å². The van der Waals surface area contributed by atoms with Crippen LogP contribution in [0.1, 0.15) is 18.4 Å². The molecule has 6 heteroatoms. The van der Waals surface area contributed by atoms with Gasteiger partial charge in [0, 0.05) is 39.8 Å². The summed E-state index contributed by atoms with van der Waals surface area (Å²) in [6, 6.07) is 7.62. The Hall–Kier alpha value is -2.08. The van der Waals surface area contributed by atoms with Crippen molar-refractivity contribution in [1.29, 1.82) is 0 Å². The van der Waals surface area contributed by atoms with E-state index in [1.807, 2.05) is 24.3 Å². The van der Waals surface area contributed by atoms with Crippen molar-refractivity contribution >= 4 is 11.8 Å². The first-order valence-electron chi connectivity index (χ1n) is 7.81. The zero-order chi connectivity index (χ0) is 16.7. The third-order valence-electron chi connectivity index (χ3n) is 3.92. The number of amides is 2. The van der Waals surface area contributed by atoms with Crippen molar-refractivity contribution < 1.29 is 19.1 Å². The first-order chi connectivity index (χ1) is 11.1. The normalized spacial score (nSPS) is 17.4. The zero-order valence-corrected chi connectivity index (χ0v) is 13.7. The molecule has 1 saturated heterocycles. The molecule has 1 heterocycles. The summed E-state index contributed by atoms with van der Waals surface area (Å²) in [5, 5.41) is 2.86. The number of nitrogens with one attached hydrogen (secondary N) is 1. The molecule has 1 N–H and O–H groups in total. The molecule has 1 atom stereocenters. The second-order valence-corrected chi connectivity index (χ2v) is 5.66. The molecule has 0 spiro atoms. The summed E-state index contributed by atoms with van der Waals surface area (Å²) in [4.78, 5) is 26.0. The zero-order valence-electron chi connectivity index (χ0n) is 13.7. The highest BCUT2D eigenvalue weighted by atomic mass is 16.5. The molecule has 23 heavy (non-hydrogen) atoms. The van der Waals surface area contributed by atoms with Gasteiger partial charge in [0.25, 0.3) is 0 Å². The topological polar surface area (TPSA) is 67.9 Å². The maximum Gasteiger partial charge on any atom is 0.225 e. The van der Waals surface area contributed by atoms with Crippen LogP contribution in [0.5, 0.6) is 5.75 Å². The molecular formula is C17H24N2O4. The summed E-state index contributed by atoms with van der Waals surface area (Å²) in [7, 11) is 3.25. The summed E-state index contributed by atoms with van der Waals surface area (Å²) >= 11 is 0. The lowest BCUT2D eigenvalue weighted by Gasteiger charge is -2.17. The number of carbonyl (C=O) groups is 2. The number of likely N-dealkylation sites (tertiary alicyclic amines) is 1. The first-order valence-corrected chi connectivity index (χ1v) is 7.81. The smallest absolute Gasteiger partial charge is 0.225 e. The molecule has 1 aliphatic heterocycles. The summed E-state index contributed by atoms with van der Waals surface area (Å²) in [5.41, 5.74) is 0.999. The highest BCUT2D eigenvalue weighted by Crippen LogP contribution is 2.22. The molecule has 0 radical (unpaired) electrons. The van der Waals surface area contributed by atoms with E-state index in [0.717, 1.165) is 17.7 Å². The fourth-order valence-electron chi connectivity index (χ4n) is 2.66. The fourth-order valence-corrected chi connectivity index (χ4v) is 2.66. The molecule has 0 aliphatic carbocycles. The standard InChI is InChI=1S/C17H24N2O4/c1-22-8-4-7-18-17(21)14-10-16(20)19(12-14)11-13-5-3-6-15(9-13)23-2/h3,5-6,9,14H,4,7-8,10-12H2,1-2H3,(H,18,21)/t14-/m0/s1. The van der Waals surface area contributed by atoms with Gasteiger partial charge in [0.05, 0.1) is 13.0 Å². The molecule has 6 nitrogen and oxygen atoms in total. The summed E-state index contributed by atoms with van der Waals surface area (Å²) in [6.07, 6.45) is 1.05. The molecular weight excluding hydrogens is 296 g/mol. The van der Waals surface area contributed by atoms with E-state index in [-0.39, 0.29) is 24.2 Å². The van der Waals surface area contributed by atoms with Crippen LogP contribution >= 0.6 is 0 Å². The van der Waals surface area contributed by atoms with Crippen LogP contribution in [-0.2, 0) is 20.9 Å². The Labute approximate surface area is 136 Å². The van der Waals surface area contributed by atoms with Gasteiger partial charge in [-0.05, 0) is 24.1 Å². The number of hydrogen-bond donors (Lipinski definition) is 1. The number of carbonyl (C=O) groups excluding carboxylic acids is 2. The number of ether oxygens (including phenoxy) is 2. The molecule has 1 aliphatic rings. The lowest BCUT2D eigenvalue weighted by atomic mass is 10.1. The minimum Gasteiger partial charge on any atom is -0.497 e. The number of nitrogens with zero attached hydrogens (tertiary/aromatic N) is 1. The lowest BCUT2D eigenvalue weighted by molar-refractivity contribution is -0.129. The average molecular weight is 320 g/mol. The average Bonchev–Trinajstić information content (AvgIpc) is 2.92. The van der Waals surface area contributed by atoms with Gasteiger partial charge in [0.1, 0.15) is 5.75 Å². The molecule has 1 aromatic carbocycles. The van der Waals surface area contributed by atoms with Crippen LogP contribution in [0.15, 0.2) is 24.3 Å². The maximum absolute atomic E-state index is 12.1. The highest BCUT2D eigenvalue weighted by molar-refractivity contribution is 5.89. The van der Waals surface area contributed by atoms with Crippen molar-refractivity contribution in [3.05, 3.63) is 29.8 Å². The largest absolute Gasteiger partial charge is 0.497 e. The van der Waals surface area contributed by atoms with Gasteiger partial charge in [0.15, 0.2) is 0 Å².